The van der Waals surface area contributed by atoms with Gasteiger partial charge in [-0.1, -0.05) is 32.8 Å². The number of nitro benzene ring substituents is 1. The summed E-state index contributed by atoms with van der Waals surface area (Å²) in [5.41, 5.74) is 1.53. The fraction of sp³-hybridized carbons (Fsp3) is 0.500. The first-order chi connectivity index (χ1) is 9.87. The molecular formula is C12H20N4O4S. The van der Waals surface area contributed by atoms with Crippen molar-refractivity contribution in [3.05, 3.63) is 28.3 Å². The third-order valence-corrected chi connectivity index (χ3v) is 4.80. The molecule has 0 aliphatic heterocycles. The van der Waals surface area contributed by atoms with E-state index in [1.54, 1.807) is 0 Å². The number of sulfonamides is 1. The second kappa shape index (κ2) is 7.34. The van der Waals surface area contributed by atoms with E-state index >= 15 is 0 Å². The molecule has 0 radical (unpaired) electrons. The van der Waals surface area contributed by atoms with Crippen LogP contribution in [0.25, 0.3) is 0 Å². The smallest absolute Gasteiger partial charge is 0.313 e. The fourth-order valence-corrected chi connectivity index (χ4v) is 3.23. The Morgan fingerprint density at radius 1 is 1.33 bits per heavy atom. The standard InChI is InChI=1S/C12H20N4O4S/c1-3-9(4-2)8-14-21(19,20)11-7-5-6-10(15-13)12(11)16(17)18/h5-7,9,14-15H,3-4,8,13H2,1-2H3. The average molecular weight is 316 g/mol. The summed E-state index contributed by atoms with van der Waals surface area (Å²) in [5, 5.41) is 11.1. The topological polar surface area (TPSA) is 127 Å². The lowest BCUT2D eigenvalue weighted by Crippen LogP contribution is -2.29. The normalized spacial score (nSPS) is 11.6. The van der Waals surface area contributed by atoms with E-state index in [0.29, 0.717) is 0 Å². The quantitative estimate of drug-likeness (QED) is 0.380. The molecule has 9 heteroatoms. The van der Waals surface area contributed by atoms with Gasteiger partial charge in [0.05, 0.1) is 4.92 Å². The van der Waals surface area contributed by atoms with Crippen molar-refractivity contribution >= 4 is 21.4 Å². The Kier molecular flexibility index (Phi) is 6.06. The zero-order valence-corrected chi connectivity index (χ0v) is 12.8. The van der Waals surface area contributed by atoms with Crippen LogP contribution in [-0.2, 0) is 10.0 Å². The SMILES string of the molecule is CCC(CC)CNS(=O)(=O)c1cccc(NN)c1[N+](=O)[O-]. The Morgan fingerprint density at radius 2 is 1.95 bits per heavy atom. The van der Waals surface area contributed by atoms with Gasteiger partial charge in [0.1, 0.15) is 5.69 Å². The van der Waals surface area contributed by atoms with Crippen LogP contribution < -0.4 is 16.0 Å². The number of rotatable bonds is 8. The molecule has 1 aromatic carbocycles. The molecule has 1 aromatic rings. The molecule has 0 atom stereocenters. The van der Waals surface area contributed by atoms with Crippen LogP contribution in [-0.4, -0.2) is 19.9 Å². The highest BCUT2D eigenvalue weighted by atomic mass is 32.2. The second-order valence-corrected chi connectivity index (χ2v) is 6.32. The predicted molar refractivity (Wildman–Crippen MR) is 80.2 cm³/mol. The molecule has 0 unspecified atom stereocenters. The molecule has 0 saturated heterocycles. The first-order valence-corrected chi connectivity index (χ1v) is 8.09. The van der Waals surface area contributed by atoms with Gasteiger partial charge in [0, 0.05) is 6.54 Å². The van der Waals surface area contributed by atoms with Gasteiger partial charge in [-0.2, -0.15) is 0 Å². The Hall–Kier alpha value is -1.71. The Balaban J connectivity index is 3.17. The van der Waals surface area contributed by atoms with Gasteiger partial charge in [0.25, 0.3) is 0 Å². The molecule has 0 heterocycles. The monoisotopic (exact) mass is 316 g/mol. The van der Waals surface area contributed by atoms with Crippen molar-refractivity contribution in [1.29, 1.82) is 0 Å². The van der Waals surface area contributed by atoms with E-state index in [1.165, 1.54) is 18.2 Å². The first-order valence-electron chi connectivity index (χ1n) is 6.61. The van der Waals surface area contributed by atoms with Crippen molar-refractivity contribution in [2.45, 2.75) is 31.6 Å². The summed E-state index contributed by atoms with van der Waals surface area (Å²) in [5.74, 6) is 5.39. The van der Waals surface area contributed by atoms with Crippen LogP contribution in [0, 0.1) is 16.0 Å². The molecule has 21 heavy (non-hydrogen) atoms. The molecule has 1 rings (SSSR count). The fourth-order valence-electron chi connectivity index (χ4n) is 1.93. The number of anilines is 1. The number of hydrogen-bond acceptors (Lipinski definition) is 6. The summed E-state index contributed by atoms with van der Waals surface area (Å²) in [6, 6.07) is 3.93. The van der Waals surface area contributed by atoms with Gasteiger partial charge < -0.3 is 5.43 Å². The van der Waals surface area contributed by atoms with Crippen molar-refractivity contribution < 1.29 is 13.3 Å². The van der Waals surface area contributed by atoms with Gasteiger partial charge >= 0.3 is 5.69 Å². The van der Waals surface area contributed by atoms with E-state index in [1.807, 2.05) is 13.8 Å². The lowest BCUT2D eigenvalue weighted by atomic mass is 10.0. The van der Waals surface area contributed by atoms with Crippen LogP contribution in [0.5, 0.6) is 0 Å². The van der Waals surface area contributed by atoms with Gasteiger partial charge in [0.2, 0.25) is 10.0 Å². The Bertz CT molecular complexity index is 599. The zero-order chi connectivity index (χ0) is 16.0. The average Bonchev–Trinajstić information content (AvgIpc) is 2.47. The summed E-state index contributed by atoms with van der Waals surface area (Å²) in [6.45, 7) is 4.17. The molecule has 0 bridgehead atoms. The van der Waals surface area contributed by atoms with E-state index in [9.17, 15) is 18.5 Å². The summed E-state index contributed by atoms with van der Waals surface area (Å²) >= 11 is 0. The number of nitrogen functional groups attached to an aromatic ring is 1. The van der Waals surface area contributed by atoms with Gasteiger partial charge in [-0.05, 0) is 18.1 Å². The maximum absolute atomic E-state index is 12.3. The first kappa shape index (κ1) is 17.3. The maximum atomic E-state index is 12.3. The third-order valence-electron chi connectivity index (χ3n) is 3.34. The summed E-state index contributed by atoms with van der Waals surface area (Å²) in [6.07, 6.45) is 1.65. The van der Waals surface area contributed by atoms with Crippen LogP contribution in [0.3, 0.4) is 0 Å². The highest BCUT2D eigenvalue weighted by Crippen LogP contribution is 2.31. The summed E-state index contributed by atoms with van der Waals surface area (Å²) in [7, 11) is -3.97. The molecule has 8 nitrogen and oxygen atoms in total. The number of benzene rings is 1. The van der Waals surface area contributed by atoms with Crippen LogP contribution >= 0.6 is 0 Å². The molecule has 4 N–H and O–H groups in total. The van der Waals surface area contributed by atoms with E-state index in [4.69, 9.17) is 5.84 Å². The lowest BCUT2D eigenvalue weighted by molar-refractivity contribution is -0.386. The van der Waals surface area contributed by atoms with Crippen LogP contribution in [0.4, 0.5) is 11.4 Å². The van der Waals surface area contributed by atoms with Crippen LogP contribution in [0.2, 0.25) is 0 Å². The molecule has 0 aliphatic rings. The van der Waals surface area contributed by atoms with Gasteiger partial charge in [0.15, 0.2) is 4.90 Å². The zero-order valence-electron chi connectivity index (χ0n) is 12.0. The van der Waals surface area contributed by atoms with E-state index in [2.05, 4.69) is 10.1 Å². The number of hydrogen-bond donors (Lipinski definition) is 3. The largest absolute Gasteiger partial charge is 0.318 e. The Morgan fingerprint density at radius 3 is 2.43 bits per heavy atom. The van der Waals surface area contributed by atoms with Crippen molar-refractivity contribution in [2.24, 2.45) is 11.8 Å². The number of para-hydroxylation sites is 1. The van der Waals surface area contributed by atoms with Crippen molar-refractivity contribution in [1.82, 2.24) is 4.72 Å². The molecule has 118 valence electrons. The van der Waals surface area contributed by atoms with Crippen molar-refractivity contribution in [3.8, 4) is 0 Å². The number of nitrogens with one attached hydrogen (secondary N) is 2. The summed E-state index contributed by atoms with van der Waals surface area (Å²) in [4.78, 5) is 9.96. The minimum absolute atomic E-state index is 0.0505. The van der Waals surface area contributed by atoms with E-state index in [0.717, 1.165) is 12.8 Å². The Labute approximate surface area is 123 Å². The van der Waals surface area contributed by atoms with E-state index < -0.39 is 25.5 Å². The molecule has 0 aromatic heterocycles. The third kappa shape index (κ3) is 4.13. The van der Waals surface area contributed by atoms with Crippen LogP contribution in [0.15, 0.2) is 23.1 Å². The summed E-state index contributed by atoms with van der Waals surface area (Å²) < 4.78 is 27.0. The molecule has 0 fully saturated rings. The molecule has 0 saturated carbocycles. The number of nitrogens with two attached hydrogens (primary N) is 1. The maximum Gasteiger partial charge on any atom is 0.313 e. The van der Waals surface area contributed by atoms with Crippen LogP contribution in [0.1, 0.15) is 26.7 Å². The predicted octanol–water partition coefficient (Wildman–Crippen LogP) is 1.59. The molecule has 0 amide bonds. The van der Waals surface area contributed by atoms with Gasteiger partial charge in [-0.25, -0.2) is 13.1 Å². The minimum atomic E-state index is -3.97. The minimum Gasteiger partial charge on any atom is -0.318 e. The molecular weight excluding hydrogens is 296 g/mol. The highest BCUT2D eigenvalue weighted by Gasteiger charge is 2.28. The van der Waals surface area contributed by atoms with Gasteiger partial charge in [-0.15, -0.1) is 0 Å². The van der Waals surface area contributed by atoms with E-state index in [-0.39, 0.29) is 18.2 Å². The second-order valence-electron chi connectivity index (χ2n) is 4.59. The number of nitro groups is 1. The highest BCUT2D eigenvalue weighted by molar-refractivity contribution is 7.89. The number of hydrazine groups is 1. The van der Waals surface area contributed by atoms with Gasteiger partial charge in [-0.3, -0.25) is 16.0 Å². The number of nitrogens with zero attached hydrogens (tertiary/aromatic N) is 1. The van der Waals surface area contributed by atoms with Crippen molar-refractivity contribution in [2.75, 3.05) is 12.0 Å². The lowest BCUT2D eigenvalue weighted by Gasteiger charge is -2.14. The molecule has 0 spiro atoms. The van der Waals surface area contributed by atoms with Crippen molar-refractivity contribution in [3.63, 3.8) is 0 Å². The molecule has 0 aliphatic carbocycles.